The van der Waals surface area contributed by atoms with Crippen molar-refractivity contribution in [1.82, 2.24) is 15.1 Å². The normalized spacial score (nSPS) is 18.2. The lowest BCUT2D eigenvalue weighted by Gasteiger charge is -2.11. The standard InChI is InChI=1S/C24H19ClFN3O2S/c25-21-4-2-1-3-19(21)23-20-10-5-15(24(30)27-17-11-12-32(31)14-17)13-22(20)29(28-23)18-8-6-16(26)7-9-18/h1-10,13,17H,11-12,14H2,(H,27,30). The van der Waals surface area contributed by atoms with Crippen LogP contribution in [0.2, 0.25) is 5.02 Å². The molecule has 1 aliphatic heterocycles. The summed E-state index contributed by atoms with van der Waals surface area (Å²) in [6.07, 6.45) is 0.713. The van der Waals surface area contributed by atoms with E-state index in [0.29, 0.717) is 45.4 Å². The zero-order valence-electron chi connectivity index (χ0n) is 16.9. The molecule has 5 nitrogen and oxygen atoms in total. The van der Waals surface area contributed by atoms with Gasteiger partial charge in [0.15, 0.2) is 0 Å². The lowest BCUT2D eigenvalue weighted by molar-refractivity contribution is 0.0941. The summed E-state index contributed by atoms with van der Waals surface area (Å²) in [5.41, 5.74) is 3.29. The van der Waals surface area contributed by atoms with Gasteiger partial charge in [0.1, 0.15) is 23.0 Å². The van der Waals surface area contributed by atoms with Crippen molar-refractivity contribution < 1.29 is 13.7 Å². The predicted octanol–water partition coefficient (Wildman–Crippen LogP) is 4.74. The SMILES string of the molecule is O=C(NC1CC[S+]([O-])C1)c1ccc2c(-c3ccccc3Cl)nn(-c3ccc(F)cc3)c2c1. The Morgan fingerprint density at radius 2 is 1.94 bits per heavy atom. The van der Waals surface area contributed by atoms with E-state index in [1.165, 1.54) is 12.1 Å². The summed E-state index contributed by atoms with van der Waals surface area (Å²) < 4.78 is 26.8. The summed E-state index contributed by atoms with van der Waals surface area (Å²) in [7, 11) is 0. The van der Waals surface area contributed by atoms with Gasteiger partial charge in [-0.15, -0.1) is 0 Å². The van der Waals surface area contributed by atoms with Gasteiger partial charge in [0, 0.05) is 22.9 Å². The number of rotatable bonds is 4. The zero-order chi connectivity index (χ0) is 22.2. The fourth-order valence-electron chi connectivity index (χ4n) is 3.93. The number of nitrogens with zero attached hydrogens (tertiary/aromatic N) is 2. The Bertz CT molecular complexity index is 1310. The highest BCUT2D eigenvalue weighted by atomic mass is 35.5. The fourth-order valence-corrected chi connectivity index (χ4v) is 5.57. The van der Waals surface area contributed by atoms with Crippen molar-refractivity contribution in [3.8, 4) is 16.9 Å². The van der Waals surface area contributed by atoms with E-state index in [4.69, 9.17) is 16.7 Å². The van der Waals surface area contributed by atoms with Crippen molar-refractivity contribution in [2.75, 3.05) is 11.5 Å². The zero-order valence-corrected chi connectivity index (χ0v) is 18.5. The Morgan fingerprint density at radius 3 is 2.66 bits per heavy atom. The summed E-state index contributed by atoms with van der Waals surface area (Å²) >= 11 is 5.57. The quantitative estimate of drug-likeness (QED) is 0.441. The first-order valence-electron chi connectivity index (χ1n) is 10.2. The molecule has 1 fully saturated rings. The average molecular weight is 468 g/mol. The Hall–Kier alpha value is -2.87. The van der Waals surface area contributed by atoms with E-state index in [1.54, 1.807) is 35.0 Å². The molecule has 8 heteroatoms. The van der Waals surface area contributed by atoms with Crippen molar-refractivity contribution >= 4 is 39.6 Å². The van der Waals surface area contributed by atoms with Crippen LogP contribution in [0.1, 0.15) is 16.8 Å². The number of carbonyl (C=O) groups excluding carboxylic acids is 1. The smallest absolute Gasteiger partial charge is 0.251 e. The molecule has 3 aromatic carbocycles. The van der Waals surface area contributed by atoms with Gasteiger partial charge in [0.05, 0.1) is 22.3 Å². The maximum Gasteiger partial charge on any atom is 0.251 e. The largest absolute Gasteiger partial charge is 0.616 e. The number of carbonyl (C=O) groups is 1. The first-order valence-corrected chi connectivity index (χ1v) is 12.1. The van der Waals surface area contributed by atoms with Crippen molar-refractivity contribution in [3.05, 3.63) is 83.1 Å². The Kier molecular flexibility index (Phi) is 5.63. The maximum absolute atomic E-state index is 13.5. The molecule has 0 radical (unpaired) electrons. The van der Waals surface area contributed by atoms with Gasteiger partial charge in [-0.2, -0.15) is 5.10 Å². The third-order valence-corrected chi connectivity index (χ3v) is 7.35. The number of halogens is 2. The van der Waals surface area contributed by atoms with E-state index >= 15 is 0 Å². The van der Waals surface area contributed by atoms with Gasteiger partial charge in [-0.05, 0) is 48.5 Å². The average Bonchev–Trinajstić information content (AvgIpc) is 3.37. The number of benzene rings is 3. The molecule has 0 bridgehead atoms. The molecule has 32 heavy (non-hydrogen) atoms. The maximum atomic E-state index is 13.5. The molecule has 4 aromatic rings. The highest BCUT2D eigenvalue weighted by Gasteiger charge is 2.28. The molecule has 1 saturated heterocycles. The number of hydrogen-bond acceptors (Lipinski definition) is 3. The molecule has 162 valence electrons. The second-order valence-corrected chi connectivity index (χ2v) is 9.75. The lowest BCUT2D eigenvalue weighted by Crippen LogP contribution is -2.35. The second kappa shape index (κ2) is 8.58. The molecule has 1 amide bonds. The number of amides is 1. The van der Waals surface area contributed by atoms with Crippen LogP contribution in [0.25, 0.3) is 27.8 Å². The Balaban J connectivity index is 1.61. The number of fused-ring (bicyclic) bond motifs is 1. The third kappa shape index (κ3) is 3.99. The van der Waals surface area contributed by atoms with Crippen LogP contribution in [0.4, 0.5) is 4.39 Å². The van der Waals surface area contributed by atoms with E-state index in [-0.39, 0.29) is 17.8 Å². The predicted molar refractivity (Wildman–Crippen MR) is 125 cm³/mol. The van der Waals surface area contributed by atoms with E-state index in [9.17, 15) is 13.7 Å². The molecule has 1 aromatic heterocycles. The summed E-state index contributed by atoms with van der Waals surface area (Å²) in [6, 6.07) is 18.7. The van der Waals surface area contributed by atoms with Gasteiger partial charge in [-0.25, -0.2) is 9.07 Å². The van der Waals surface area contributed by atoms with E-state index in [1.807, 2.05) is 24.3 Å². The van der Waals surface area contributed by atoms with E-state index < -0.39 is 11.2 Å². The van der Waals surface area contributed by atoms with E-state index in [0.717, 1.165) is 10.9 Å². The van der Waals surface area contributed by atoms with Crippen molar-refractivity contribution in [3.63, 3.8) is 0 Å². The minimum absolute atomic E-state index is 0.0836. The highest BCUT2D eigenvalue weighted by Crippen LogP contribution is 2.34. The minimum atomic E-state index is -0.871. The molecule has 1 N–H and O–H groups in total. The monoisotopic (exact) mass is 467 g/mol. The lowest BCUT2D eigenvalue weighted by atomic mass is 10.1. The fraction of sp³-hybridized carbons (Fsp3) is 0.167. The summed E-state index contributed by atoms with van der Waals surface area (Å²) in [4.78, 5) is 12.9. The van der Waals surface area contributed by atoms with Crippen LogP contribution in [-0.2, 0) is 11.2 Å². The van der Waals surface area contributed by atoms with Gasteiger partial charge >= 0.3 is 0 Å². The van der Waals surface area contributed by atoms with Crippen LogP contribution >= 0.6 is 11.6 Å². The van der Waals surface area contributed by atoms with E-state index in [2.05, 4.69) is 5.32 Å². The molecular formula is C24H19ClFN3O2S. The topological polar surface area (TPSA) is 70.0 Å². The summed E-state index contributed by atoms with van der Waals surface area (Å²) in [6.45, 7) is 0. The molecule has 2 unspecified atom stereocenters. The van der Waals surface area contributed by atoms with Crippen LogP contribution in [-0.4, -0.2) is 37.8 Å². The first kappa shape index (κ1) is 21.0. The molecule has 2 heterocycles. The third-order valence-electron chi connectivity index (χ3n) is 5.56. The van der Waals surface area contributed by atoms with Crippen LogP contribution in [0, 0.1) is 5.82 Å². The Morgan fingerprint density at radius 1 is 1.16 bits per heavy atom. The molecule has 1 aliphatic rings. The number of aromatic nitrogens is 2. The molecule has 0 aliphatic carbocycles. The van der Waals surface area contributed by atoms with Crippen molar-refractivity contribution in [2.45, 2.75) is 12.5 Å². The van der Waals surface area contributed by atoms with Crippen LogP contribution < -0.4 is 5.32 Å². The van der Waals surface area contributed by atoms with Gasteiger partial charge in [0.2, 0.25) is 0 Å². The van der Waals surface area contributed by atoms with Gasteiger partial charge < -0.3 is 9.87 Å². The minimum Gasteiger partial charge on any atom is -0.616 e. The van der Waals surface area contributed by atoms with Gasteiger partial charge in [0.25, 0.3) is 5.91 Å². The molecule has 0 spiro atoms. The number of hydrogen-bond donors (Lipinski definition) is 1. The summed E-state index contributed by atoms with van der Waals surface area (Å²) in [5.74, 6) is 0.535. The second-order valence-electron chi connectivity index (χ2n) is 7.72. The van der Waals surface area contributed by atoms with Crippen LogP contribution in [0.3, 0.4) is 0 Å². The molecular weight excluding hydrogens is 449 g/mol. The molecule has 0 saturated carbocycles. The number of nitrogens with one attached hydrogen (secondary N) is 1. The Labute approximate surface area is 192 Å². The van der Waals surface area contributed by atoms with Gasteiger partial charge in [-0.3, -0.25) is 4.79 Å². The van der Waals surface area contributed by atoms with Crippen LogP contribution in [0.15, 0.2) is 66.7 Å². The van der Waals surface area contributed by atoms with Crippen LogP contribution in [0.5, 0.6) is 0 Å². The first-order chi connectivity index (χ1) is 15.5. The molecule has 5 rings (SSSR count). The van der Waals surface area contributed by atoms with Gasteiger partial charge in [-0.1, -0.05) is 41.0 Å². The van der Waals surface area contributed by atoms with Crippen molar-refractivity contribution in [1.29, 1.82) is 0 Å². The molecule has 2 atom stereocenters. The highest BCUT2D eigenvalue weighted by molar-refractivity contribution is 7.91. The van der Waals surface area contributed by atoms with Crippen molar-refractivity contribution in [2.24, 2.45) is 0 Å². The summed E-state index contributed by atoms with van der Waals surface area (Å²) in [5, 5.41) is 9.13.